The number of oxime groups is 1. The van der Waals surface area contributed by atoms with Crippen molar-refractivity contribution in [3.05, 3.63) is 62.1 Å². The Morgan fingerprint density at radius 2 is 2.00 bits per heavy atom. The highest BCUT2D eigenvalue weighted by Gasteiger charge is 2.27. The van der Waals surface area contributed by atoms with Crippen molar-refractivity contribution in [1.82, 2.24) is 4.90 Å². The second-order valence-electron chi connectivity index (χ2n) is 6.44. The van der Waals surface area contributed by atoms with Gasteiger partial charge in [-0.05, 0) is 55.3 Å². The van der Waals surface area contributed by atoms with Gasteiger partial charge in [-0.25, -0.2) is 4.99 Å². The number of aryl methyl sites for hydroxylation is 1. The molecule has 0 aliphatic carbocycles. The molecule has 0 saturated heterocycles. The lowest BCUT2D eigenvalue weighted by molar-refractivity contribution is 0.0853. The van der Waals surface area contributed by atoms with Crippen LogP contribution in [0.5, 0.6) is 0 Å². The molecule has 0 bridgehead atoms. The highest BCUT2D eigenvalue weighted by Crippen LogP contribution is 2.37. The first-order valence-corrected chi connectivity index (χ1v) is 9.75. The average Bonchev–Trinajstić information content (AvgIpc) is 3.13. The average molecular weight is 425 g/mol. The molecule has 1 aliphatic heterocycles. The van der Waals surface area contributed by atoms with E-state index < -0.39 is 0 Å². The van der Waals surface area contributed by atoms with Crippen LogP contribution < -0.4 is 0 Å². The van der Waals surface area contributed by atoms with Gasteiger partial charge in [0.2, 0.25) is 0 Å². The fraction of sp³-hybridized carbons (Fsp3) is 0.300. The van der Waals surface area contributed by atoms with E-state index in [4.69, 9.17) is 39.6 Å². The van der Waals surface area contributed by atoms with Crippen molar-refractivity contribution in [3.63, 3.8) is 0 Å². The Bertz CT molecular complexity index is 912. The largest absolute Gasteiger partial charge is 0.387 e. The zero-order valence-electron chi connectivity index (χ0n) is 15.3. The van der Waals surface area contributed by atoms with E-state index >= 15 is 0 Å². The molecule has 0 aromatic heterocycles. The summed E-state index contributed by atoms with van der Waals surface area (Å²) in [7, 11) is 1.96. The maximum absolute atomic E-state index is 6.44. The molecule has 0 fully saturated rings. The summed E-state index contributed by atoms with van der Waals surface area (Å²) < 4.78 is 0. The Hall–Kier alpha value is -1.75. The third kappa shape index (κ3) is 4.57. The van der Waals surface area contributed by atoms with E-state index in [1.54, 1.807) is 24.5 Å². The van der Waals surface area contributed by atoms with Gasteiger partial charge in [0.05, 0.1) is 22.8 Å². The molecule has 3 rings (SSSR count). The van der Waals surface area contributed by atoms with Crippen LogP contribution in [0, 0.1) is 6.92 Å². The molecule has 4 nitrogen and oxygen atoms in total. The Labute approximate surface area is 174 Å². The van der Waals surface area contributed by atoms with Gasteiger partial charge in [0, 0.05) is 35.6 Å². The SMILES string of the molecule is CCN(C)C=Nc1cc(C)c(C2CC(c3cc(Cl)ccc3Cl)=NO2)cc1Cl. The first-order chi connectivity index (χ1) is 12.9. The molecule has 0 radical (unpaired) electrons. The number of halogens is 3. The number of hydrogen-bond donors (Lipinski definition) is 0. The molecular formula is C20H20Cl3N3O. The second kappa shape index (κ2) is 8.51. The second-order valence-corrected chi connectivity index (χ2v) is 7.69. The molecule has 2 aromatic carbocycles. The van der Waals surface area contributed by atoms with E-state index in [2.05, 4.69) is 17.1 Å². The quantitative estimate of drug-likeness (QED) is 0.409. The normalized spacial score (nSPS) is 16.5. The lowest BCUT2D eigenvalue weighted by atomic mass is 9.97. The molecule has 2 aromatic rings. The van der Waals surface area contributed by atoms with Gasteiger partial charge in [-0.15, -0.1) is 0 Å². The number of aliphatic imine (C=N–C) groups is 1. The fourth-order valence-corrected chi connectivity index (χ4v) is 3.41. The van der Waals surface area contributed by atoms with Gasteiger partial charge >= 0.3 is 0 Å². The minimum Gasteiger partial charge on any atom is -0.387 e. The van der Waals surface area contributed by atoms with Crippen LogP contribution >= 0.6 is 34.8 Å². The van der Waals surface area contributed by atoms with Gasteiger partial charge in [0.1, 0.15) is 0 Å². The van der Waals surface area contributed by atoms with Crippen molar-refractivity contribution >= 4 is 52.5 Å². The molecule has 7 heteroatoms. The number of benzene rings is 2. The zero-order chi connectivity index (χ0) is 19.6. The van der Waals surface area contributed by atoms with Crippen LogP contribution in [-0.2, 0) is 4.84 Å². The third-order valence-electron chi connectivity index (χ3n) is 4.48. The maximum Gasteiger partial charge on any atom is 0.158 e. The van der Waals surface area contributed by atoms with Crippen LogP contribution in [0.3, 0.4) is 0 Å². The number of hydrogen-bond acceptors (Lipinski definition) is 3. The summed E-state index contributed by atoms with van der Waals surface area (Å²) in [5.74, 6) is 0. The van der Waals surface area contributed by atoms with Crippen molar-refractivity contribution < 1.29 is 4.84 Å². The van der Waals surface area contributed by atoms with Crippen molar-refractivity contribution in [3.8, 4) is 0 Å². The summed E-state index contributed by atoms with van der Waals surface area (Å²) in [5.41, 5.74) is 4.33. The monoisotopic (exact) mass is 423 g/mol. The summed E-state index contributed by atoms with van der Waals surface area (Å²) in [6, 6.07) is 9.18. The molecule has 0 N–H and O–H groups in total. The van der Waals surface area contributed by atoms with E-state index in [0.717, 1.165) is 34.6 Å². The van der Waals surface area contributed by atoms with Gasteiger partial charge in [-0.3, -0.25) is 0 Å². The van der Waals surface area contributed by atoms with E-state index in [1.165, 1.54) is 0 Å². The van der Waals surface area contributed by atoms with Gasteiger partial charge in [-0.1, -0.05) is 40.0 Å². The van der Waals surface area contributed by atoms with Crippen molar-refractivity contribution in [2.75, 3.05) is 13.6 Å². The number of nitrogens with zero attached hydrogens (tertiary/aromatic N) is 3. The van der Waals surface area contributed by atoms with E-state index in [-0.39, 0.29) is 6.10 Å². The molecule has 27 heavy (non-hydrogen) atoms. The molecule has 0 saturated carbocycles. The highest BCUT2D eigenvalue weighted by molar-refractivity contribution is 6.36. The van der Waals surface area contributed by atoms with Crippen LogP contribution in [0.4, 0.5) is 5.69 Å². The first-order valence-electron chi connectivity index (χ1n) is 8.61. The first kappa shape index (κ1) is 20.0. The van der Waals surface area contributed by atoms with Crippen molar-refractivity contribution in [2.24, 2.45) is 10.1 Å². The van der Waals surface area contributed by atoms with Gasteiger partial charge < -0.3 is 9.74 Å². The van der Waals surface area contributed by atoms with Gasteiger partial charge in [0.15, 0.2) is 6.10 Å². The summed E-state index contributed by atoms with van der Waals surface area (Å²) in [6.07, 6.45) is 2.15. The summed E-state index contributed by atoms with van der Waals surface area (Å²) in [4.78, 5) is 12.1. The minimum atomic E-state index is -0.219. The predicted molar refractivity (Wildman–Crippen MR) is 114 cm³/mol. The Morgan fingerprint density at radius 1 is 1.22 bits per heavy atom. The fourth-order valence-electron chi connectivity index (χ4n) is 2.79. The molecule has 1 unspecified atom stereocenters. The lowest BCUT2D eigenvalue weighted by Gasteiger charge is -2.14. The smallest absolute Gasteiger partial charge is 0.158 e. The van der Waals surface area contributed by atoms with Crippen LogP contribution in [0.2, 0.25) is 15.1 Å². The summed E-state index contributed by atoms with van der Waals surface area (Å²) in [5, 5.41) is 6.01. The highest BCUT2D eigenvalue weighted by atomic mass is 35.5. The van der Waals surface area contributed by atoms with Gasteiger partial charge in [-0.2, -0.15) is 0 Å². The number of rotatable bonds is 5. The minimum absolute atomic E-state index is 0.219. The van der Waals surface area contributed by atoms with Crippen molar-refractivity contribution in [2.45, 2.75) is 26.4 Å². The summed E-state index contributed by atoms with van der Waals surface area (Å²) in [6.45, 7) is 4.95. The van der Waals surface area contributed by atoms with E-state index in [9.17, 15) is 0 Å². The Balaban J connectivity index is 1.81. The summed E-state index contributed by atoms with van der Waals surface area (Å²) >= 11 is 18.8. The van der Waals surface area contributed by atoms with E-state index in [1.807, 2.05) is 31.0 Å². The van der Waals surface area contributed by atoms with Crippen LogP contribution in [-0.4, -0.2) is 30.5 Å². The Morgan fingerprint density at radius 3 is 2.74 bits per heavy atom. The molecule has 142 valence electrons. The third-order valence-corrected chi connectivity index (χ3v) is 5.35. The molecule has 1 aliphatic rings. The topological polar surface area (TPSA) is 37.2 Å². The zero-order valence-corrected chi connectivity index (χ0v) is 17.6. The van der Waals surface area contributed by atoms with Gasteiger partial charge in [0.25, 0.3) is 0 Å². The maximum atomic E-state index is 6.44. The predicted octanol–water partition coefficient (Wildman–Crippen LogP) is 6.43. The van der Waals surface area contributed by atoms with Crippen LogP contribution in [0.25, 0.3) is 0 Å². The molecule has 1 heterocycles. The molecule has 0 spiro atoms. The van der Waals surface area contributed by atoms with Crippen molar-refractivity contribution in [1.29, 1.82) is 0 Å². The molecule has 0 amide bonds. The molecule has 1 atom stereocenters. The standard InChI is InChI=1S/C20H20Cl3N3O/c1-4-26(3)11-24-19-7-12(2)14(9-17(19)23)20-10-18(25-27-20)15-8-13(21)5-6-16(15)22/h5-9,11,20H,4,10H2,1-3H3. The van der Waals surface area contributed by atoms with E-state index in [0.29, 0.717) is 21.5 Å². The van der Waals surface area contributed by atoms with Crippen LogP contribution in [0.15, 0.2) is 40.5 Å². The molecular weight excluding hydrogens is 405 g/mol. The Kier molecular flexibility index (Phi) is 6.30. The van der Waals surface area contributed by atoms with Crippen LogP contribution in [0.1, 0.15) is 36.1 Å². The lowest BCUT2D eigenvalue weighted by Crippen LogP contribution is -2.14.